The van der Waals surface area contributed by atoms with E-state index >= 15 is 0 Å². The third kappa shape index (κ3) is 6.81. The molecule has 0 aliphatic rings. The minimum Gasteiger partial charge on any atom is -0.497 e. The van der Waals surface area contributed by atoms with Gasteiger partial charge in [0.15, 0.2) is 0 Å². The van der Waals surface area contributed by atoms with Crippen LogP contribution in [0.15, 0.2) is 24.3 Å². The van der Waals surface area contributed by atoms with E-state index in [1.54, 1.807) is 24.3 Å². The van der Waals surface area contributed by atoms with Gasteiger partial charge in [0.2, 0.25) is 7.37 Å². The van der Waals surface area contributed by atoms with Crippen molar-refractivity contribution < 1.29 is 34.0 Å². The summed E-state index contributed by atoms with van der Waals surface area (Å²) in [4.78, 5) is 33.2. The minimum absolute atomic E-state index is 0.151. The Morgan fingerprint density at radius 1 is 1.15 bits per heavy atom. The van der Waals surface area contributed by atoms with Gasteiger partial charge in [0.1, 0.15) is 5.75 Å². The largest absolute Gasteiger partial charge is 0.497 e. The molecule has 0 radical (unpaired) electrons. The van der Waals surface area contributed by atoms with E-state index in [2.05, 4.69) is 0 Å². The summed E-state index contributed by atoms with van der Waals surface area (Å²) in [6, 6.07) is 6.70. The van der Waals surface area contributed by atoms with E-state index in [4.69, 9.17) is 9.84 Å². The van der Waals surface area contributed by atoms with Gasteiger partial charge in [-0.3, -0.25) is 14.2 Å². The number of hydrogen-bond acceptors (Lipinski definition) is 4. The van der Waals surface area contributed by atoms with Crippen LogP contribution in [0.1, 0.15) is 44.6 Å². The lowest BCUT2D eigenvalue weighted by molar-refractivity contribution is -0.143. The fourth-order valence-electron chi connectivity index (χ4n) is 2.97. The number of ether oxygens (including phenoxy) is 1. The molecule has 0 saturated carbocycles. The molecule has 0 aliphatic heterocycles. The minimum atomic E-state index is -3.86. The average molecular weight is 386 g/mol. The van der Waals surface area contributed by atoms with E-state index in [9.17, 15) is 24.2 Å². The lowest BCUT2D eigenvalue weighted by Crippen LogP contribution is -2.29. The van der Waals surface area contributed by atoms with Crippen molar-refractivity contribution in [2.24, 2.45) is 5.92 Å². The summed E-state index contributed by atoms with van der Waals surface area (Å²) in [5.41, 5.74) is -0.359. The van der Waals surface area contributed by atoms with E-state index in [0.29, 0.717) is 17.7 Å². The SMILES string of the molecule is CCCCC(C(CCC(=O)O)C(=O)O)P(=O)(O)Cc1ccc(OC)cc1. The molecule has 0 bridgehead atoms. The zero-order valence-electron chi connectivity index (χ0n) is 15.1. The van der Waals surface area contributed by atoms with Crippen molar-refractivity contribution in [2.75, 3.05) is 7.11 Å². The van der Waals surface area contributed by atoms with Gasteiger partial charge in [0, 0.05) is 18.2 Å². The third-order valence-corrected chi connectivity index (χ3v) is 6.86. The average Bonchev–Trinajstić information content (AvgIpc) is 2.57. The fraction of sp³-hybridized carbons (Fsp3) is 0.556. The highest BCUT2D eigenvalue weighted by Crippen LogP contribution is 2.55. The summed E-state index contributed by atoms with van der Waals surface area (Å²) in [5.74, 6) is -2.88. The summed E-state index contributed by atoms with van der Waals surface area (Å²) in [6.07, 6.45) is 0.979. The van der Waals surface area contributed by atoms with Crippen LogP contribution in [0, 0.1) is 5.92 Å². The molecule has 0 heterocycles. The highest BCUT2D eigenvalue weighted by Gasteiger charge is 2.40. The quantitative estimate of drug-likeness (QED) is 0.469. The van der Waals surface area contributed by atoms with Gasteiger partial charge >= 0.3 is 11.9 Å². The number of aliphatic carboxylic acids is 2. The first-order valence-electron chi connectivity index (χ1n) is 8.60. The first-order chi connectivity index (χ1) is 12.2. The van der Waals surface area contributed by atoms with E-state index in [-0.39, 0.29) is 25.4 Å². The molecular weight excluding hydrogens is 359 g/mol. The second-order valence-corrected chi connectivity index (χ2v) is 8.84. The lowest BCUT2D eigenvalue weighted by atomic mass is 9.95. The van der Waals surface area contributed by atoms with E-state index in [1.165, 1.54) is 7.11 Å². The van der Waals surface area contributed by atoms with E-state index < -0.39 is 30.9 Å². The Balaban J connectivity index is 3.06. The van der Waals surface area contributed by atoms with Gasteiger partial charge in [-0.25, -0.2) is 0 Å². The molecule has 0 aromatic heterocycles. The second-order valence-electron chi connectivity index (χ2n) is 6.35. The van der Waals surface area contributed by atoms with Gasteiger partial charge in [0.05, 0.1) is 13.0 Å². The molecule has 3 N–H and O–H groups in total. The first-order valence-corrected chi connectivity index (χ1v) is 10.5. The highest BCUT2D eigenvalue weighted by atomic mass is 31.2. The predicted octanol–water partition coefficient (Wildman–Crippen LogP) is 3.59. The zero-order valence-corrected chi connectivity index (χ0v) is 16.0. The molecule has 1 rings (SSSR count). The Morgan fingerprint density at radius 2 is 1.77 bits per heavy atom. The monoisotopic (exact) mass is 386 g/mol. The maximum atomic E-state index is 13.0. The Hall–Kier alpha value is -1.85. The number of benzene rings is 1. The van der Waals surface area contributed by atoms with Crippen LogP contribution in [0.3, 0.4) is 0 Å². The highest BCUT2D eigenvalue weighted by molar-refractivity contribution is 7.58. The number of hydrogen-bond donors (Lipinski definition) is 3. The van der Waals surface area contributed by atoms with Crippen molar-refractivity contribution in [1.29, 1.82) is 0 Å². The number of carboxylic acid groups (broad SMARTS) is 2. The smallest absolute Gasteiger partial charge is 0.307 e. The maximum absolute atomic E-state index is 13.0. The number of rotatable bonds is 12. The van der Waals surface area contributed by atoms with Gasteiger partial charge in [0.25, 0.3) is 0 Å². The Bertz CT molecular complexity index is 641. The van der Waals surface area contributed by atoms with Crippen molar-refractivity contribution in [1.82, 2.24) is 0 Å². The van der Waals surface area contributed by atoms with Crippen LogP contribution in [0.4, 0.5) is 0 Å². The van der Waals surface area contributed by atoms with Gasteiger partial charge in [-0.2, -0.15) is 0 Å². The lowest BCUT2D eigenvalue weighted by Gasteiger charge is -2.28. The van der Waals surface area contributed by atoms with Crippen molar-refractivity contribution in [2.45, 2.75) is 50.8 Å². The summed E-state index contributed by atoms with van der Waals surface area (Å²) >= 11 is 0. The van der Waals surface area contributed by atoms with Crippen molar-refractivity contribution in [3.05, 3.63) is 29.8 Å². The second kappa shape index (κ2) is 10.3. The van der Waals surface area contributed by atoms with Crippen molar-refractivity contribution in [3.63, 3.8) is 0 Å². The molecule has 3 atom stereocenters. The molecule has 1 aromatic rings. The molecule has 146 valence electrons. The number of carboxylic acids is 2. The molecule has 0 saturated heterocycles. The summed E-state index contributed by atoms with van der Waals surface area (Å²) in [7, 11) is -2.34. The molecule has 3 unspecified atom stereocenters. The molecule has 0 amide bonds. The van der Waals surface area contributed by atoms with Crippen LogP contribution >= 0.6 is 7.37 Å². The summed E-state index contributed by atoms with van der Waals surface area (Å²) < 4.78 is 18.1. The number of carbonyl (C=O) groups is 2. The Labute approximate surface area is 153 Å². The van der Waals surface area contributed by atoms with Crippen LogP contribution in [0.5, 0.6) is 5.75 Å². The zero-order chi connectivity index (χ0) is 19.7. The Morgan fingerprint density at radius 3 is 2.23 bits per heavy atom. The normalized spacial score (nSPS) is 15.7. The summed E-state index contributed by atoms with van der Waals surface area (Å²) in [5, 5.41) is 18.4. The van der Waals surface area contributed by atoms with Crippen molar-refractivity contribution in [3.8, 4) is 5.75 Å². The van der Waals surface area contributed by atoms with Crippen LogP contribution < -0.4 is 4.74 Å². The Kier molecular flexibility index (Phi) is 8.82. The van der Waals surface area contributed by atoms with Crippen LogP contribution in [-0.4, -0.2) is 39.8 Å². The number of methoxy groups -OCH3 is 1. The molecule has 8 heteroatoms. The van der Waals surface area contributed by atoms with Gasteiger partial charge in [-0.15, -0.1) is 0 Å². The molecule has 0 spiro atoms. The topological polar surface area (TPSA) is 121 Å². The standard InChI is InChI=1S/C18H27O7P/c1-3-4-5-16(15(18(21)22)10-11-17(19)20)26(23,24)12-13-6-8-14(25-2)9-7-13/h6-9,15-16H,3-5,10-12H2,1-2H3,(H,19,20)(H,21,22)(H,23,24). The molecule has 26 heavy (non-hydrogen) atoms. The molecule has 0 aliphatic carbocycles. The van der Waals surface area contributed by atoms with Crippen LogP contribution in [-0.2, 0) is 20.3 Å². The van der Waals surface area contributed by atoms with Gasteiger partial charge in [-0.1, -0.05) is 31.9 Å². The third-order valence-electron chi connectivity index (χ3n) is 4.39. The van der Waals surface area contributed by atoms with Crippen LogP contribution in [0.25, 0.3) is 0 Å². The molecule has 7 nitrogen and oxygen atoms in total. The fourth-order valence-corrected chi connectivity index (χ4v) is 5.36. The number of unbranched alkanes of at least 4 members (excludes halogenated alkanes) is 1. The first kappa shape index (κ1) is 22.2. The van der Waals surface area contributed by atoms with Crippen LogP contribution in [0.2, 0.25) is 0 Å². The molecule has 0 fully saturated rings. The van der Waals surface area contributed by atoms with Gasteiger partial charge < -0.3 is 19.8 Å². The summed E-state index contributed by atoms with van der Waals surface area (Å²) in [6.45, 7) is 1.91. The van der Waals surface area contributed by atoms with Gasteiger partial charge in [-0.05, 0) is 30.5 Å². The molecule has 1 aromatic carbocycles. The predicted molar refractivity (Wildman–Crippen MR) is 97.8 cm³/mol. The van der Waals surface area contributed by atoms with Crippen molar-refractivity contribution >= 4 is 19.3 Å². The van der Waals surface area contributed by atoms with E-state index in [1.807, 2.05) is 6.92 Å². The maximum Gasteiger partial charge on any atom is 0.307 e. The molecular formula is C18H27O7P. The van der Waals surface area contributed by atoms with E-state index in [0.717, 1.165) is 6.42 Å².